The Hall–Kier alpha value is -1.88. The van der Waals surface area contributed by atoms with Crippen molar-refractivity contribution in [2.75, 3.05) is 58.9 Å². The summed E-state index contributed by atoms with van der Waals surface area (Å²) in [4.78, 5) is 46.7. The van der Waals surface area contributed by atoms with Crippen LogP contribution >= 0.6 is 0 Å². The molecule has 0 aliphatic rings. The Morgan fingerprint density at radius 1 is 0.640 bits per heavy atom. The van der Waals surface area contributed by atoms with E-state index >= 15 is 0 Å². The van der Waals surface area contributed by atoms with Crippen molar-refractivity contribution in [1.29, 1.82) is 0 Å². The standard InChI is InChI=1S/C12H25NO.C11H23NO.C9H19NO2.C7H15NO2.CH4/c1-10(2)13(8-7-11(3)14)9-12(4,5)6;1-6-7-12(8-10(2)13)9-11(3,4)5;1-9(2,3)7-10-6-4-5-8(11)12;1-7(2,3)5-8-4-6(9)10;/h10H,7-9H2,1-6H3;6-9H2,1-5H3;10H,4-7H2,1-3H3,(H,11,12);8H,4-5H2,1-3H3,(H,9,10);1H4. The van der Waals surface area contributed by atoms with Gasteiger partial charge in [0.2, 0.25) is 0 Å². The molecule has 0 unspecified atom stereocenters. The molecule has 4 N–H and O–H groups in total. The normalized spacial score (nSPS) is 11.8. The lowest BCUT2D eigenvalue weighted by atomic mass is 9.95. The molecule has 0 spiro atoms. The van der Waals surface area contributed by atoms with Gasteiger partial charge in [0.1, 0.15) is 11.6 Å². The third-order valence-electron chi connectivity index (χ3n) is 6.17. The Balaban J connectivity index is -0.000000180. The Labute approximate surface area is 310 Å². The molecule has 0 rings (SSSR count). The number of nitrogens with zero attached hydrogens (tertiary/aromatic N) is 2. The quantitative estimate of drug-likeness (QED) is 0.104. The SMILES string of the molecule is C.CC(=O)CCN(CC(C)(C)C)C(C)C.CC(C)(C)CNCC(=O)O.CC(C)(C)CNCCCC(=O)O.CCCN(CC(C)=O)CC(C)(C)C. The van der Waals surface area contributed by atoms with Gasteiger partial charge in [0.15, 0.2) is 0 Å². The van der Waals surface area contributed by atoms with Crippen molar-refractivity contribution in [2.24, 2.45) is 21.7 Å². The molecule has 0 amide bonds. The molecule has 0 aromatic carbocycles. The number of carbonyl (C=O) groups is 4. The van der Waals surface area contributed by atoms with Crippen LogP contribution in [-0.4, -0.2) is 108 Å². The molecule has 0 bridgehead atoms. The lowest BCUT2D eigenvalue weighted by Crippen LogP contribution is -2.39. The smallest absolute Gasteiger partial charge is 0.317 e. The minimum Gasteiger partial charge on any atom is -0.481 e. The van der Waals surface area contributed by atoms with Crippen LogP contribution in [0.4, 0.5) is 0 Å². The molecular weight excluding hydrogens is 632 g/mol. The van der Waals surface area contributed by atoms with E-state index in [4.69, 9.17) is 10.2 Å². The summed E-state index contributed by atoms with van der Waals surface area (Å²) in [7, 11) is 0. The Morgan fingerprint density at radius 3 is 1.42 bits per heavy atom. The molecule has 10 heteroatoms. The monoisotopic (exact) mass is 719 g/mol. The first-order chi connectivity index (χ1) is 21.9. The zero-order valence-corrected chi connectivity index (χ0v) is 35.2. The predicted octanol–water partition coefficient (Wildman–Crippen LogP) is 7.89. The summed E-state index contributed by atoms with van der Waals surface area (Å²) in [5.74, 6) is -0.973. The third kappa shape index (κ3) is 58.3. The van der Waals surface area contributed by atoms with E-state index in [9.17, 15) is 19.2 Å². The molecule has 10 nitrogen and oxygen atoms in total. The molecule has 0 aliphatic heterocycles. The minimum absolute atomic E-state index is 0. The van der Waals surface area contributed by atoms with Crippen LogP contribution < -0.4 is 10.6 Å². The maximum Gasteiger partial charge on any atom is 0.317 e. The number of carboxylic acid groups (broad SMARTS) is 2. The second kappa shape index (κ2) is 29.7. The van der Waals surface area contributed by atoms with Crippen LogP contribution in [0.1, 0.15) is 151 Å². The van der Waals surface area contributed by atoms with Gasteiger partial charge in [0.25, 0.3) is 0 Å². The summed E-state index contributed by atoms with van der Waals surface area (Å²) < 4.78 is 0. The summed E-state index contributed by atoms with van der Waals surface area (Å²) in [6, 6.07) is 0.522. The van der Waals surface area contributed by atoms with Crippen LogP contribution in [0.3, 0.4) is 0 Å². The molecule has 0 heterocycles. The lowest BCUT2D eigenvalue weighted by molar-refractivity contribution is -0.137. The Bertz CT molecular complexity index is 878. The van der Waals surface area contributed by atoms with E-state index in [1.165, 1.54) is 0 Å². The van der Waals surface area contributed by atoms with Crippen LogP contribution in [0.2, 0.25) is 0 Å². The molecule has 0 aromatic heterocycles. The summed E-state index contributed by atoms with van der Waals surface area (Å²) in [6.07, 6.45) is 2.76. The van der Waals surface area contributed by atoms with E-state index in [0.29, 0.717) is 30.8 Å². The fourth-order valence-electron chi connectivity index (χ4n) is 4.32. The van der Waals surface area contributed by atoms with E-state index in [-0.39, 0.29) is 48.2 Å². The van der Waals surface area contributed by atoms with Gasteiger partial charge >= 0.3 is 11.9 Å². The predicted molar refractivity (Wildman–Crippen MR) is 214 cm³/mol. The number of carboxylic acids is 2. The van der Waals surface area contributed by atoms with Crippen LogP contribution in [0, 0.1) is 21.7 Å². The van der Waals surface area contributed by atoms with Crippen LogP contribution in [0.5, 0.6) is 0 Å². The average Bonchev–Trinajstić information content (AvgIpc) is 2.83. The summed E-state index contributed by atoms with van der Waals surface area (Å²) >= 11 is 0. The molecular formula is C40H86N4O6. The number of carbonyl (C=O) groups excluding carboxylic acids is 2. The number of hydrogen-bond acceptors (Lipinski definition) is 8. The number of hydrogen-bond donors (Lipinski definition) is 4. The van der Waals surface area contributed by atoms with Gasteiger partial charge in [-0.2, -0.15) is 0 Å². The Kier molecular flexibility index (Phi) is 34.1. The lowest BCUT2D eigenvalue weighted by Gasteiger charge is -2.32. The first-order valence-corrected chi connectivity index (χ1v) is 18.2. The first-order valence-electron chi connectivity index (χ1n) is 18.2. The van der Waals surface area contributed by atoms with Gasteiger partial charge in [-0.1, -0.05) is 97.4 Å². The molecule has 302 valence electrons. The zero-order chi connectivity index (χ0) is 39.6. The van der Waals surface area contributed by atoms with Crippen molar-refractivity contribution < 1.29 is 29.4 Å². The molecule has 0 atom stereocenters. The fraction of sp³-hybridized carbons (Fsp3) is 0.900. The van der Waals surface area contributed by atoms with E-state index < -0.39 is 11.9 Å². The van der Waals surface area contributed by atoms with Crippen molar-refractivity contribution in [3.63, 3.8) is 0 Å². The summed E-state index contributed by atoms with van der Waals surface area (Å²) in [5, 5.41) is 22.6. The van der Waals surface area contributed by atoms with Gasteiger partial charge in [0.05, 0.1) is 13.1 Å². The topological polar surface area (TPSA) is 139 Å². The maximum atomic E-state index is 11.0. The minimum atomic E-state index is -0.802. The van der Waals surface area contributed by atoms with Gasteiger partial charge in [-0.25, -0.2) is 0 Å². The van der Waals surface area contributed by atoms with E-state index in [1.54, 1.807) is 13.8 Å². The zero-order valence-electron chi connectivity index (χ0n) is 35.2. The fourth-order valence-corrected chi connectivity index (χ4v) is 4.32. The molecule has 0 fully saturated rings. The molecule has 0 saturated heterocycles. The van der Waals surface area contributed by atoms with Crippen molar-refractivity contribution >= 4 is 23.5 Å². The maximum absolute atomic E-state index is 11.0. The third-order valence-corrected chi connectivity index (χ3v) is 6.17. The second-order valence-electron chi connectivity index (χ2n) is 18.3. The number of Topliss-reactive ketones (excluding diaryl/α,β-unsaturated/α-hetero) is 2. The van der Waals surface area contributed by atoms with Gasteiger partial charge in [-0.15, -0.1) is 0 Å². The molecule has 0 saturated carbocycles. The number of nitrogens with one attached hydrogen (secondary N) is 2. The van der Waals surface area contributed by atoms with Crippen molar-refractivity contribution in [2.45, 2.75) is 157 Å². The number of aliphatic carboxylic acids is 2. The van der Waals surface area contributed by atoms with Crippen molar-refractivity contribution in [3.05, 3.63) is 0 Å². The highest BCUT2D eigenvalue weighted by Crippen LogP contribution is 2.17. The van der Waals surface area contributed by atoms with Crippen molar-refractivity contribution in [3.8, 4) is 0 Å². The highest BCUT2D eigenvalue weighted by molar-refractivity contribution is 5.77. The highest BCUT2D eigenvalue weighted by Gasteiger charge is 2.19. The van der Waals surface area contributed by atoms with Gasteiger partial charge < -0.3 is 20.8 Å². The highest BCUT2D eigenvalue weighted by atomic mass is 16.4. The van der Waals surface area contributed by atoms with E-state index in [1.807, 2.05) is 0 Å². The first kappa shape index (κ1) is 57.5. The largest absolute Gasteiger partial charge is 0.481 e. The molecule has 50 heavy (non-hydrogen) atoms. The van der Waals surface area contributed by atoms with Gasteiger partial charge in [0, 0.05) is 45.1 Å². The second-order valence-corrected chi connectivity index (χ2v) is 18.3. The molecule has 0 radical (unpaired) electrons. The van der Waals surface area contributed by atoms with E-state index in [2.05, 4.69) is 124 Å². The van der Waals surface area contributed by atoms with Crippen molar-refractivity contribution in [1.82, 2.24) is 20.4 Å². The average molecular weight is 719 g/mol. The summed E-state index contributed by atoms with van der Waals surface area (Å²) in [5.41, 5.74) is 1.03. The molecule has 0 aromatic rings. The van der Waals surface area contributed by atoms with Gasteiger partial charge in [-0.05, 0) is 81.8 Å². The number of ketones is 2. The molecule has 0 aliphatic carbocycles. The van der Waals surface area contributed by atoms with Crippen LogP contribution in [-0.2, 0) is 19.2 Å². The van der Waals surface area contributed by atoms with Crippen LogP contribution in [0.25, 0.3) is 0 Å². The van der Waals surface area contributed by atoms with Crippen LogP contribution in [0.15, 0.2) is 0 Å². The summed E-state index contributed by atoms with van der Waals surface area (Å²) in [6.45, 7) is 42.9. The van der Waals surface area contributed by atoms with Gasteiger partial charge in [-0.3, -0.25) is 29.0 Å². The number of rotatable bonds is 18. The van der Waals surface area contributed by atoms with E-state index in [0.717, 1.165) is 52.2 Å². The Morgan fingerprint density at radius 2 is 1.10 bits per heavy atom.